The van der Waals surface area contributed by atoms with Crippen LogP contribution in [0.4, 0.5) is 0 Å². The summed E-state index contributed by atoms with van der Waals surface area (Å²) in [6.45, 7) is 6.25. The fourth-order valence-electron chi connectivity index (χ4n) is 8.16. The van der Waals surface area contributed by atoms with E-state index in [0.29, 0.717) is 11.6 Å². The van der Waals surface area contributed by atoms with E-state index < -0.39 is 86.5 Å². The van der Waals surface area contributed by atoms with Crippen LogP contribution in [-0.4, -0.2) is 127 Å². The van der Waals surface area contributed by atoms with Crippen LogP contribution < -0.4 is 5.32 Å². The lowest BCUT2D eigenvalue weighted by Crippen LogP contribution is -2.49. The lowest BCUT2D eigenvalue weighted by molar-refractivity contribution is -0.141. The SMILES string of the molecule is COC(=O)CCC1=C(CC(=O)OC)C(Cc2[nH]c(C(=O)OCC[Si](C)(C)C)c(CCC(=O)OC)c2CC(=O)OC)(Cc2[nH]c(C(=O)OCc3ccccc3)c(CC(=O)OC)c2CCC(=O)OC)NC1=O. The van der Waals surface area contributed by atoms with Gasteiger partial charge in [-0.25, -0.2) is 9.59 Å². The summed E-state index contributed by atoms with van der Waals surface area (Å²) in [6.07, 6.45) is -3.28. The molecule has 1 aliphatic rings. The molecule has 2 aromatic heterocycles. The fourth-order valence-corrected chi connectivity index (χ4v) is 8.88. The summed E-state index contributed by atoms with van der Waals surface area (Å²) in [5, 5.41) is 3.04. The van der Waals surface area contributed by atoms with Gasteiger partial charge >= 0.3 is 47.8 Å². The van der Waals surface area contributed by atoms with Crippen LogP contribution >= 0.6 is 0 Å². The van der Waals surface area contributed by atoms with E-state index in [1.54, 1.807) is 30.3 Å². The van der Waals surface area contributed by atoms with Gasteiger partial charge in [-0.3, -0.25) is 33.6 Å². The van der Waals surface area contributed by atoms with Crippen LogP contribution in [0.15, 0.2) is 41.5 Å². The van der Waals surface area contributed by atoms with Crippen molar-refractivity contribution in [3.05, 3.63) is 92.1 Å². The second-order valence-electron chi connectivity index (χ2n) is 17.7. The molecule has 0 saturated carbocycles. The van der Waals surface area contributed by atoms with Gasteiger partial charge < -0.3 is 53.2 Å². The fraction of sp³-hybridized carbons (Fsp3) is 0.490. The Morgan fingerprint density at radius 3 is 1.53 bits per heavy atom. The number of methoxy groups -OCH3 is 6. The third-order valence-corrected chi connectivity index (χ3v) is 13.6. The van der Waals surface area contributed by atoms with Crippen molar-refractivity contribution < 1.29 is 81.0 Å². The Balaban J connectivity index is 2.10. The molecule has 4 rings (SSSR count). The molecule has 380 valence electrons. The molecule has 0 bridgehead atoms. The Bertz CT molecular complexity index is 2460. The van der Waals surface area contributed by atoms with Crippen molar-refractivity contribution in [3.63, 3.8) is 0 Å². The molecular weight excluding hydrogens is 931 g/mol. The summed E-state index contributed by atoms with van der Waals surface area (Å²) in [4.78, 5) is 127. The second kappa shape index (κ2) is 25.5. The maximum Gasteiger partial charge on any atom is 0.355 e. The molecule has 1 atom stereocenters. The molecule has 21 heteroatoms. The monoisotopic (exact) mass is 993 g/mol. The summed E-state index contributed by atoms with van der Waals surface area (Å²) in [6, 6.07) is 9.44. The van der Waals surface area contributed by atoms with Crippen molar-refractivity contribution in [2.45, 2.75) is 108 Å². The third kappa shape index (κ3) is 15.0. The first-order valence-electron chi connectivity index (χ1n) is 22.5. The maximum absolute atomic E-state index is 14.5. The number of aromatic nitrogens is 2. The quantitative estimate of drug-likeness (QED) is 0.0575. The number of amides is 1. The normalized spacial score (nSPS) is 14.3. The van der Waals surface area contributed by atoms with Crippen molar-refractivity contribution in [2.24, 2.45) is 0 Å². The van der Waals surface area contributed by atoms with E-state index >= 15 is 0 Å². The number of rotatable bonds is 26. The highest BCUT2D eigenvalue weighted by Crippen LogP contribution is 2.41. The summed E-state index contributed by atoms with van der Waals surface area (Å²) in [7, 11) is 5.37. The molecule has 0 saturated heterocycles. The molecule has 20 nitrogen and oxygen atoms in total. The number of carbonyl (C=O) groups excluding carboxylic acids is 9. The molecule has 3 aromatic rings. The minimum absolute atomic E-state index is 0.0220. The predicted octanol–water partition coefficient (Wildman–Crippen LogP) is 4.30. The molecule has 1 unspecified atom stereocenters. The van der Waals surface area contributed by atoms with E-state index in [4.69, 9.17) is 37.9 Å². The molecule has 1 amide bonds. The number of H-pyrrole nitrogens is 2. The Kier molecular flexibility index (Phi) is 20.3. The number of aromatic amines is 2. The van der Waals surface area contributed by atoms with Gasteiger partial charge in [0.1, 0.15) is 18.0 Å². The van der Waals surface area contributed by atoms with Gasteiger partial charge in [-0.1, -0.05) is 50.0 Å². The number of benzene rings is 1. The first-order chi connectivity index (χ1) is 33.2. The minimum atomic E-state index is -1.76. The topological polar surface area (TPSA) is 271 Å². The van der Waals surface area contributed by atoms with Crippen molar-refractivity contribution in [1.29, 1.82) is 0 Å². The van der Waals surface area contributed by atoms with Gasteiger partial charge in [0, 0.05) is 57.1 Å². The molecule has 3 heterocycles. The van der Waals surface area contributed by atoms with Crippen LogP contribution in [0.5, 0.6) is 0 Å². The van der Waals surface area contributed by atoms with Gasteiger partial charge in [-0.05, 0) is 58.7 Å². The van der Waals surface area contributed by atoms with Gasteiger partial charge in [0.05, 0.1) is 74.1 Å². The molecule has 1 aromatic carbocycles. The highest BCUT2D eigenvalue weighted by molar-refractivity contribution is 6.76. The number of nitrogens with one attached hydrogen (secondary N) is 3. The van der Waals surface area contributed by atoms with Gasteiger partial charge in [0.2, 0.25) is 5.91 Å². The average molecular weight is 994 g/mol. The molecule has 1 aliphatic heterocycles. The van der Waals surface area contributed by atoms with E-state index in [-0.39, 0.29) is 121 Å². The van der Waals surface area contributed by atoms with Crippen LogP contribution in [0.3, 0.4) is 0 Å². The number of hydrogen-bond donors (Lipinski definition) is 3. The van der Waals surface area contributed by atoms with E-state index in [9.17, 15) is 43.2 Å². The Labute approximate surface area is 406 Å². The van der Waals surface area contributed by atoms with Gasteiger partial charge in [-0.15, -0.1) is 0 Å². The number of esters is 8. The molecule has 0 spiro atoms. The summed E-state index contributed by atoms with van der Waals surface area (Å²) in [5.74, 6) is -6.52. The molecule has 70 heavy (non-hydrogen) atoms. The van der Waals surface area contributed by atoms with Gasteiger partial charge in [0.25, 0.3) is 0 Å². The van der Waals surface area contributed by atoms with E-state index in [1.807, 2.05) is 0 Å². The van der Waals surface area contributed by atoms with Crippen LogP contribution in [0, 0.1) is 0 Å². The van der Waals surface area contributed by atoms with Crippen LogP contribution in [0.2, 0.25) is 25.7 Å². The van der Waals surface area contributed by atoms with Crippen molar-refractivity contribution in [1.82, 2.24) is 15.3 Å². The van der Waals surface area contributed by atoms with Crippen molar-refractivity contribution in [2.75, 3.05) is 49.3 Å². The zero-order chi connectivity index (χ0) is 51.8. The summed E-state index contributed by atoms with van der Waals surface area (Å²) >= 11 is 0. The minimum Gasteiger partial charge on any atom is -0.469 e. The first kappa shape index (κ1) is 55.6. The molecular formula is C49H63N3O17Si. The molecule has 3 N–H and O–H groups in total. The predicted molar refractivity (Wildman–Crippen MR) is 251 cm³/mol. The van der Waals surface area contributed by atoms with E-state index in [0.717, 1.165) is 14.2 Å². The number of hydrogen-bond acceptors (Lipinski definition) is 17. The Hall–Kier alpha value is -7.03. The van der Waals surface area contributed by atoms with Gasteiger partial charge in [0.15, 0.2) is 0 Å². The van der Waals surface area contributed by atoms with Crippen molar-refractivity contribution >= 4 is 61.7 Å². The molecule has 0 fully saturated rings. The zero-order valence-corrected chi connectivity index (χ0v) is 42.2. The van der Waals surface area contributed by atoms with Crippen LogP contribution in [0.1, 0.15) is 92.3 Å². The molecule has 0 radical (unpaired) electrons. The first-order valence-corrected chi connectivity index (χ1v) is 26.2. The number of carbonyl (C=O) groups is 9. The smallest absolute Gasteiger partial charge is 0.355 e. The lowest BCUT2D eigenvalue weighted by atomic mass is 9.77. The Morgan fingerprint density at radius 1 is 0.543 bits per heavy atom. The lowest BCUT2D eigenvalue weighted by Gasteiger charge is -2.33. The number of ether oxygens (including phenoxy) is 8. The third-order valence-electron chi connectivity index (χ3n) is 11.9. The summed E-state index contributed by atoms with van der Waals surface area (Å²) in [5.41, 5.74) is 0.0348. The van der Waals surface area contributed by atoms with Crippen molar-refractivity contribution in [3.8, 4) is 0 Å². The highest BCUT2D eigenvalue weighted by Gasteiger charge is 2.48. The largest absolute Gasteiger partial charge is 0.469 e. The average Bonchev–Trinajstić information content (AvgIpc) is 3.94. The van der Waals surface area contributed by atoms with E-state index in [1.165, 1.54) is 28.4 Å². The van der Waals surface area contributed by atoms with E-state index in [2.05, 4.69) is 34.9 Å². The second-order valence-corrected chi connectivity index (χ2v) is 23.3. The van der Waals surface area contributed by atoms with Gasteiger partial charge in [-0.2, -0.15) is 0 Å². The highest BCUT2D eigenvalue weighted by atomic mass is 28.3. The maximum atomic E-state index is 14.5. The molecule has 0 aliphatic carbocycles. The Morgan fingerprint density at radius 2 is 1.00 bits per heavy atom. The van der Waals surface area contributed by atoms with Crippen LogP contribution in [-0.2, 0) is 117 Å². The standard InChI is InChI=1S/C49H63N3O17Si/c1-62-38(53)18-15-30-34(24-42(57)66-5)45(48(61)69-28-29-13-11-10-12-14-29)50-36(30)26-49(35(25-43(58)67-6)32(46(59)52-49)17-20-40(55)64-3)27-37-33(23-41(56)65-4)31(16-19-39(54)63-2)44(51-37)47(60)68-21-22-70(7,8)9/h10-14,50-51H,15-28H2,1-9H3,(H,52,59). The zero-order valence-electron chi connectivity index (χ0n) is 41.2. The summed E-state index contributed by atoms with van der Waals surface area (Å²) < 4.78 is 41.5. The van der Waals surface area contributed by atoms with Crippen LogP contribution in [0.25, 0.3) is 0 Å².